The Hall–Kier alpha value is -1.40. The van der Waals surface area contributed by atoms with Crippen LogP contribution in [0.3, 0.4) is 0 Å². The van der Waals surface area contributed by atoms with Crippen molar-refractivity contribution in [1.29, 1.82) is 0 Å². The third-order valence-electron chi connectivity index (χ3n) is 2.37. The van der Waals surface area contributed by atoms with Gasteiger partial charge in [-0.05, 0) is 19.4 Å². The maximum Gasteiger partial charge on any atom is 0.225 e. The topological polar surface area (TPSA) is 70.1 Å². The fourth-order valence-electron chi connectivity index (χ4n) is 1.57. The number of hydrogen-bond donors (Lipinski definition) is 3. The normalized spacial score (nSPS) is 10.8. The Morgan fingerprint density at radius 3 is 2.94 bits per heavy atom. The molecule has 2 aromatic rings. The standard InChI is InChI=1S/C11H16N4OS/c1-7-6-8-9(13-4-3-5-16)14-11(12-2)15-10(8)17-7/h6,16H,3-5H2,1-2H3,(H2,12,13,14,15). The predicted molar refractivity (Wildman–Crippen MR) is 71.9 cm³/mol. The molecule has 0 unspecified atom stereocenters. The van der Waals surface area contributed by atoms with Crippen molar-refractivity contribution in [2.45, 2.75) is 13.3 Å². The molecule has 92 valence electrons. The highest BCUT2D eigenvalue weighted by Crippen LogP contribution is 2.29. The number of aromatic nitrogens is 2. The van der Waals surface area contributed by atoms with Crippen molar-refractivity contribution in [1.82, 2.24) is 9.97 Å². The minimum atomic E-state index is 0.183. The van der Waals surface area contributed by atoms with Gasteiger partial charge in [0.2, 0.25) is 5.95 Å². The molecular weight excluding hydrogens is 236 g/mol. The van der Waals surface area contributed by atoms with E-state index in [4.69, 9.17) is 5.11 Å². The molecule has 0 radical (unpaired) electrons. The van der Waals surface area contributed by atoms with Crippen LogP contribution in [-0.2, 0) is 0 Å². The molecule has 0 aliphatic carbocycles. The Kier molecular flexibility index (Phi) is 3.75. The first-order chi connectivity index (χ1) is 8.24. The SMILES string of the molecule is CNc1nc(NCCCO)c2cc(C)sc2n1. The smallest absolute Gasteiger partial charge is 0.225 e. The minimum Gasteiger partial charge on any atom is -0.396 e. The number of aliphatic hydroxyl groups is 1. The molecule has 0 saturated heterocycles. The molecule has 5 nitrogen and oxygen atoms in total. The van der Waals surface area contributed by atoms with Gasteiger partial charge in [-0.2, -0.15) is 4.98 Å². The van der Waals surface area contributed by atoms with E-state index in [0.29, 0.717) is 18.9 Å². The second-order valence-electron chi connectivity index (χ2n) is 3.73. The van der Waals surface area contributed by atoms with Crippen LogP contribution in [0.25, 0.3) is 10.2 Å². The maximum atomic E-state index is 8.78. The number of hydrogen-bond acceptors (Lipinski definition) is 6. The average Bonchev–Trinajstić information content (AvgIpc) is 2.69. The lowest BCUT2D eigenvalue weighted by molar-refractivity contribution is 0.292. The van der Waals surface area contributed by atoms with Crippen LogP contribution in [0.2, 0.25) is 0 Å². The molecule has 0 aliphatic rings. The summed E-state index contributed by atoms with van der Waals surface area (Å²) in [5, 5.41) is 16.0. The van der Waals surface area contributed by atoms with Crippen LogP contribution in [0.15, 0.2) is 6.07 Å². The average molecular weight is 252 g/mol. The second-order valence-corrected chi connectivity index (χ2v) is 4.96. The highest BCUT2D eigenvalue weighted by molar-refractivity contribution is 7.18. The molecule has 0 aliphatic heterocycles. The molecule has 0 aromatic carbocycles. The molecule has 2 aromatic heterocycles. The molecule has 0 fully saturated rings. The number of aliphatic hydroxyl groups excluding tert-OH is 1. The monoisotopic (exact) mass is 252 g/mol. The molecular formula is C11H16N4OS. The third-order valence-corrected chi connectivity index (χ3v) is 3.31. The van der Waals surface area contributed by atoms with Gasteiger partial charge in [-0.25, -0.2) is 4.98 Å². The summed E-state index contributed by atoms with van der Waals surface area (Å²) >= 11 is 1.65. The van der Waals surface area contributed by atoms with Gasteiger partial charge >= 0.3 is 0 Å². The van der Waals surface area contributed by atoms with Gasteiger partial charge in [-0.1, -0.05) is 0 Å². The van der Waals surface area contributed by atoms with E-state index in [1.807, 2.05) is 0 Å². The van der Waals surface area contributed by atoms with Crippen LogP contribution in [0.1, 0.15) is 11.3 Å². The molecule has 0 saturated carbocycles. The van der Waals surface area contributed by atoms with E-state index in [1.165, 1.54) is 4.88 Å². The first-order valence-electron chi connectivity index (χ1n) is 5.55. The Labute approximate surface area is 104 Å². The van der Waals surface area contributed by atoms with Crippen LogP contribution in [0.5, 0.6) is 0 Å². The van der Waals surface area contributed by atoms with Gasteiger partial charge in [0, 0.05) is 25.1 Å². The van der Waals surface area contributed by atoms with Crippen LogP contribution in [0.4, 0.5) is 11.8 Å². The van der Waals surface area contributed by atoms with E-state index in [0.717, 1.165) is 16.0 Å². The van der Waals surface area contributed by atoms with E-state index in [-0.39, 0.29) is 6.61 Å². The number of nitrogens with zero attached hydrogens (tertiary/aromatic N) is 2. The number of aryl methyl sites for hydroxylation is 1. The van der Waals surface area contributed by atoms with Crippen molar-refractivity contribution in [3.8, 4) is 0 Å². The molecule has 6 heteroatoms. The fraction of sp³-hybridized carbons (Fsp3) is 0.455. The lowest BCUT2D eigenvalue weighted by Crippen LogP contribution is -2.07. The van der Waals surface area contributed by atoms with Crippen LogP contribution >= 0.6 is 11.3 Å². The quantitative estimate of drug-likeness (QED) is 0.708. The van der Waals surface area contributed by atoms with Gasteiger partial charge in [0.1, 0.15) is 10.6 Å². The molecule has 0 atom stereocenters. The van der Waals surface area contributed by atoms with E-state index < -0.39 is 0 Å². The van der Waals surface area contributed by atoms with E-state index in [1.54, 1.807) is 18.4 Å². The third kappa shape index (κ3) is 2.65. The lowest BCUT2D eigenvalue weighted by atomic mass is 10.3. The van der Waals surface area contributed by atoms with Gasteiger partial charge in [0.25, 0.3) is 0 Å². The number of rotatable bonds is 5. The summed E-state index contributed by atoms with van der Waals surface area (Å²) in [5.41, 5.74) is 0. The van der Waals surface area contributed by atoms with Gasteiger partial charge < -0.3 is 15.7 Å². The Bertz CT molecular complexity index is 511. The summed E-state index contributed by atoms with van der Waals surface area (Å²) < 4.78 is 0. The van der Waals surface area contributed by atoms with Gasteiger partial charge in [-0.3, -0.25) is 0 Å². The van der Waals surface area contributed by atoms with Crippen molar-refractivity contribution in [3.63, 3.8) is 0 Å². The van der Waals surface area contributed by atoms with Gasteiger partial charge in [0.15, 0.2) is 0 Å². The minimum absolute atomic E-state index is 0.183. The Morgan fingerprint density at radius 1 is 1.41 bits per heavy atom. The van der Waals surface area contributed by atoms with Crippen molar-refractivity contribution in [3.05, 3.63) is 10.9 Å². The highest BCUT2D eigenvalue weighted by Gasteiger charge is 2.09. The lowest BCUT2D eigenvalue weighted by Gasteiger charge is -2.07. The van der Waals surface area contributed by atoms with E-state index >= 15 is 0 Å². The van der Waals surface area contributed by atoms with Crippen molar-refractivity contribution in [2.24, 2.45) is 0 Å². The maximum absolute atomic E-state index is 8.78. The van der Waals surface area contributed by atoms with Gasteiger partial charge in [-0.15, -0.1) is 11.3 Å². The molecule has 17 heavy (non-hydrogen) atoms. The fourth-order valence-corrected chi connectivity index (χ4v) is 2.45. The van der Waals surface area contributed by atoms with Gasteiger partial charge in [0.05, 0.1) is 5.39 Å². The molecule has 0 amide bonds. The van der Waals surface area contributed by atoms with Crippen molar-refractivity contribution < 1.29 is 5.11 Å². The Balaban J connectivity index is 2.36. The summed E-state index contributed by atoms with van der Waals surface area (Å²) in [6.45, 7) is 2.95. The Morgan fingerprint density at radius 2 is 2.24 bits per heavy atom. The number of thiophene rings is 1. The van der Waals surface area contributed by atoms with Crippen LogP contribution in [-0.4, -0.2) is 35.3 Å². The zero-order chi connectivity index (χ0) is 12.3. The summed E-state index contributed by atoms with van der Waals surface area (Å²) in [6, 6.07) is 2.08. The number of anilines is 2. The molecule has 0 bridgehead atoms. The summed E-state index contributed by atoms with van der Waals surface area (Å²) in [5.74, 6) is 1.45. The summed E-state index contributed by atoms with van der Waals surface area (Å²) in [7, 11) is 1.80. The van der Waals surface area contributed by atoms with Crippen LogP contribution in [0, 0.1) is 6.92 Å². The summed E-state index contributed by atoms with van der Waals surface area (Å²) in [6.07, 6.45) is 0.712. The van der Waals surface area contributed by atoms with Crippen molar-refractivity contribution in [2.75, 3.05) is 30.8 Å². The highest BCUT2D eigenvalue weighted by atomic mass is 32.1. The molecule has 2 rings (SSSR count). The van der Waals surface area contributed by atoms with E-state index in [9.17, 15) is 0 Å². The second kappa shape index (κ2) is 5.29. The molecule has 3 N–H and O–H groups in total. The first kappa shape index (κ1) is 12.1. The van der Waals surface area contributed by atoms with Crippen molar-refractivity contribution >= 4 is 33.3 Å². The first-order valence-corrected chi connectivity index (χ1v) is 6.37. The number of nitrogens with one attached hydrogen (secondary N) is 2. The predicted octanol–water partition coefficient (Wildman–Crippen LogP) is 1.84. The number of fused-ring (bicyclic) bond motifs is 1. The van der Waals surface area contributed by atoms with E-state index in [2.05, 4.69) is 33.6 Å². The molecule has 0 spiro atoms. The zero-order valence-electron chi connectivity index (χ0n) is 9.95. The van der Waals surface area contributed by atoms with Crippen LogP contribution < -0.4 is 10.6 Å². The summed E-state index contributed by atoms with van der Waals surface area (Å²) in [4.78, 5) is 11.0. The largest absolute Gasteiger partial charge is 0.396 e. The zero-order valence-corrected chi connectivity index (χ0v) is 10.8. The molecule has 2 heterocycles.